The van der Waals surface area contributed by atoms with Gasteiger partial charge in [0.05, 0.1) is 24.8 Å². The zero-order valence-electron chi connectivity index (χ0n) is 19.1. The first-order valence-electron chi connectivity index (χ1n) is 11.6. The van der Waals surface area contributed by atoms with Crippen LogP contribution in [0, 0.1) is 0 Å². The number of aromatic nitrogens is 1. The molecule has 180 valence electrons. The van der Waals surface area contributed by atoms with Crippen molar-refractivity contribution in [3.8, 4) is 5.75 Å². The average Bonchev–Trinajstić information content (AvgIpc) is 3.47. The summed E-state index contributed by atoms with van der Waals surface area (Å²) in [7, 11) is 1.63. The highest BCUT2D eigenvalue weighted by Gasteiger charge is 2.49. The summed E-state index contributed by atoms with van der Waals surface area (Å²) in [4.78, 5) is 4.57. The molecule has 3 aromatic carbocycles. The van der Waals surface area contributed by atoms with E-state index in [1.807, 2.05) is 36.5 Å². The fourth-order valence-corrected chi connectivity index (χ4v) is 4.94. The van der Waals surface area contributed by atoms with Crippen molar-refractivity contribution in [3.05, 3.63) is 78.0 Å². The van der Waals surface area contributed by atoms with Gasteiger partial charge in [-0.25, -0.2) is 4.99 Å². The number of aliphatic hydroxyl groups is 3. The van der Waals surface area contributed by atoms with Crippen LogP contribution in [0.25, 0.3) is 21.7 Å². The van der Waals surface area contributed by atoms with E-state index in [1.54, 1.807) is 7.11 Å². The third-order valence-electron chi connectivity index (χ3n) is 6.83. The molecule has 3 heterocycles. The van der Waals surface area contributed by atoms with Crippen LogP contribution >= 0.6 is 0 Å². The van der Waals surface area contributed by atoms with Gasteiger partial charge in [0, 0.05) is 24.2 Å². The van der Waals surface area contributed by atoms with Crippen LogP contribution in [0.4, 0.5) is 0 Å². The van der Waals surface area contributed by atoms with Crippen molar-refractivity contribution in [1.29, 1.82) is 0 Å². The number of nitrogens with zero attached hydrogens (tertiary/aromatic N) is 2. The Morgan fingerprint density at radius 3 is 2.63 bits per heavy atom. The van der Waals surface area contributed by atoms with Crippen LogP contribution in [0.15, 0.2) is 71.9 Å². The lowest BCUT2D eigenvalue weighted by Gasteiger charge is -2.36. The first-order chi connectivity index (χ1) is 17.1. The second-order valence-corrected chi connectivity index (χ2v) is 8.98. The summed E-state index contributed by atoms with van der Waals surface area (Å²) in [6, 6.07) is 19.7. The molecule has 0 saturated carbocycles. The van der Waals surface area contributed by atoms with E-state index in [0.29, 0.717) is 12.4 Å². The minimum Gasteiger partial charge on any atom is -0.497 e. The smallest absolute Gasteiger partial charge is 0.227 e. The monoisotopic (exact) mass is 474 g/mol. The lowest BCUT2D eigenvalue weighted by Crippen LogP contribution is -2.56. The molecule has 8 nitrogen and oxygen atoms in total. The molecule has 6 rings (SSSR count). The molecule has 1 saturated heterocycles. The van der Waals surface area contributed by atoms with E-state index >= 15 is 0 Å². The number of benzene rings is 3. The number of rotatable bonds is 5. The van der Waals surface area contributed by atoms with Gasteiger partial charge >= 0.3 is 0 Å². The second-order valence-electron chi connectivity index (χ2n) is 8.98. The van der Waals surface area contributed by atoms with Crippen molar-refractivity contribution in [2.75, 3.05) is 13.7 Å². The maximum absolute atomic E-state index is 10.5. The number of aliphatic imine (C=N–C) groups is 1. The van der Waals surface area contributed by atoms with Gasteiger partial charge < -0.3 is 34.1 Å². The van der Waals surface area contributed by atoms with Crippen LogP contribution in [0.2, 0.25) is 0 Å². The Hall–Kier alpha value is -3.43. The lowest BCUT2D eigenvalue weighted by atomic mass is 9.98. The summed E-state index contributed by atoms with van der Waals surface area (Å²) in [6.07, 6.45) is -2.28. The summed E-state index contributed by atoms with van der Waals surface area (Å²) in [6.45, 7) is 0.198. The molecule has 3 N–H and O–H groups in total. The molecule has 0 radical (unpaired) electrons. The number of methoxy groups -OCH3 is 1. The van der Waals surface area contributed by atoms with Crippen LogP contribution < -0.4 is 4.74 Å². The maximum atomic E-state index is 10.5. The third kappa shape index (κ3) is 3.75. The van der Waals surface area contributed by atoms with Crippen molar-refractivity contribution in [2.45, 2.75) is 37.2 Å². The third-order valence-corrected chi connectivity index (χ3v) is 6.83. The number of hydrogen-bond donors (Lipinski definition) is 3. The van der Waals surface area contributed by atoms with E-state index in [9.17, 15) is 15.3 Å². The van der Waals surface area contributed by atoms with Crippen molar-refractivity contribution in [3.63, 3.8) is 0 Å². The number of aliphatic hydroxyl groups excluding tert-OH is 3. The summed E-state index contributed by atoms with van der Waals surface area (Å²) in [5.41, 5.74) is 2.85. The fourth-order valence-electron chi connectivity index (χ4n) is 4.94. The van der Waals surface area contributed by atoms with E-state index in [-0.39, 0.29) is 0 Å². The lowest BCUT2D eigenvalue weighted by molar-refractivity contribution is -0.234. The molecule has 5 atom stereocenters. The van der Waals surface area contributed by atoms with Crippen molar-refractivity contribution < 1.29 is 29.5 Å². The van der Waals surface area contributed by atoms with Crippen LogP contribution in [0.3, 0.4) is 0 Å². The highest BCUT2D eigenvalue weighted by atomic mass is 16.7. The Morgan fingerprint density at radius 1 is 1.00 bits per heavy atom. The molecular formula is C27H26N2O6. The minimum atomic E-state index is -1.24. The van der Waals surface area contributed by atoms with E-state index in [1.165, 1.54) is 10.8 Å². The van der Waals surface area contributed by atoms with Gasteiger partial charge in [-0.2, -0.15) is 0 Å². The van der Waals surface area contributed by atoms with Gasteiger partial charge in [0.25, 0.3) is 0 Å². The van der Waals surface area contributed by atoms with E-state index in [0.717, 1.165) is 27.8 Å². The Balaban J connectivity index is 1.40. The molecule has 1 fully saturated rings. The summed E-state index contributed by atoms with van der Waals surface area (Å²) >= 11 is 0. The standard InChI is InChI=1S/C27H26N2O6/c1-33-18-8-9-19-20(26-28-23-25(32)24(31)22(14-30)34-27(23)35-26)13-29(21(19)11-18)12-15-6-7-16-4-2-3-5-17(16)10-15/h2-11,13,22-25,27,30-32H,12,14H2,1H3/t22-,23-,24-,25-,27-/m1/s1. The van der Waals surface area contributed by atoms with Crippen LogP contribution in [-0.4, -0.2) is 70.1 Å². The SMILES string of the molecule is COc1ccc2c(C3=N[C@H]4[C@@H](O3)O[C@H](CO)[C@@H](O)[C@@H]4O)cn(Cc3ccc4ccccc4c3)c2c1. The predicted octanol–water partition coefficient (Wildman–Crippen LogP) is 2.44. The van der Waals surface area contributed by atoms with Crippen LogP contribution in [-0.2, 0) is 16.0 Å². The van der Waals surface area contributed by atoms with Crippen molar-refractivity contribution in [2.24, 2.45) is 4.99 Å². The molecule has 2 aliphatic heterocycles. The van der Waals surface area contributed by atoms with E-state index < -0.39 is 37.3 Å². The van der Waals surface area contributed by atoms with Gasteiger partial charge in [-0.15, -0.1) is 0 Å². The van der Waals surface area contributed by atoms with Crippen LogP contribution in [0.1, 0.15) is 11.1 Å². The molecule has 2 aliphatic rings. The van der Waals surface area contributed by atoms with E-state index in [2.05, 4.69) is 39.9 Å². The Kier molecular flexibility index (Phi) is 5.46. The quantitative estimate of drug-likeness (QED) is 0.410. The Bertz CT molecular complexity index is 1430. The largest absolute Gasteiger partial charge is 0.497 e. The summed E-state index contributed by atoms with van der Waals surface area (Å²) < 4.78 is 19.2. The van der Waals surface area contributed by atoms with Crippen molar-refractivity contribution >= 4 is 27.6 Å². The van der Waals surface area contributed by atoms with Crippen molar-refractivity contribution in [1.82, 2.24) is 4.57 Å². The Labute approximate surface area is 201 Å². The first kappa shape index (κ1) is 22.1. The molecular weight excluding hydrogens is 448 g/mol. The van der Waals surface area contributed by atoms with E-state index in [4.69, 9.17) is 14.2 Å². The van der Waals surface area contributed by atoms with Gasteiger partial charge in [0.15, 0.2) is 0 Å². The molecule has 1 aromatic heterocycles. The predicted molar refractivity (Wildman–Crippen MR) is 131 cm³/mol. The molecule has 0 bridgehead atoms. The number of hydrogen-bond acceptors (Lipinski definition) is 7. The fraction of sp³-hybridized carbons (Fsp3) is 0.296. The minimum absolute atomic E-state index is 0.331. The molecule has 0 amide bonds. The van der Waals surface area contributed by atoms with Crippen LogP contribution in [0.5, 0.6) is 5.75 Å². The highest BCUT2D eigenvalue weighted by Crippen LogP contribution is 2.34. The summed E-state index contributed by atoms with van der Waals surface area (Å²) in [5, 5.41) is 33.5. The first-order valence-corrected chi connectivity index (χ1v) is 11.6. The zero-order valence-corrected chi connectivity index (χ0v) is 19.1. The van der Waals surface area contributed by atoms with Gasteiger partial charge in [-0.3, -0.25) is 0 Å². The molecule has 0 spiro atoms. The highest BCUT2D eigenvalue weighted by molar-refractivity contribution is 6.08. The molecule has 0 aliphatic carbocycles. The van der Waals surface area contributed by atoms with Gasteiger partial charge in [-0.1, -0.05) is 36.4 Å². The molecule has 4 aromatic rings. The zero-order chi connectivity index (χ0) is 24.1. The van der Waals surface area contributed by atoms with Gasteiger partial charge in [-0.05, 0) is 34.5 Å². The van der Waals surface area contributed by atoms with Gasteiger partial charge in [0.2, 0.25) is 12.2 Å². The topological polar surface area (TPSA) is 106 Å². The molecule has 35 heavy (non-hydrogen) atoms. The molecule has 0 unspecified atom stereocenters. The maximum Gasteiger partial charge on any atom is 0.227 e. The normalized spacial score (nSPS) is 25.9. The number of ether oxygens (including phenoxy) is 3. The number of fused-ring (bicyclic) bond motifs is 3. The second kappa shape index (κ2) is 8.66. The average molecular weight is 475 g/mol. The van der Waals surface area contributed by atoms with Gasteiger partial charge in [0.1, 0.15) is 30.1 Å². The molecule has 8 heteroatoms. The Morgan fingerprint density at radius 2 is 1.83 bits per heavy atom. The summed E-state index contributed by atoms with van der Waals surface area (Å²) in [5.74, 6) is 1.06.